The molecular formula is C15H27N3O2S. The highest BCUT2D eigenvalue weighted by Gasteiger charge is 2.42. The first-order valence-corrected chi connectivity index (χ1v) is 9.28. The lowest BCUT2D eigenvalue weighted by atomic mass is 10.0. The van der Waals surface area contributed by atoms with Gasteiger partial charge in [0.1, 0.15) is 0 Å². The number of aromatic nitrogens is 1. The summed E-state index contributed by atoms with van der Waals surface area (Å²) in [4.78, 5) is 0.377. The molecule has 0 radical (unpaired) electrons. The molecular weight excluding hydrogens is 286 g/mol. The van der Waals surface area contributed by atoms with Crippen LogP contribution in [0.1, 0.15) is 45.2 Å². The van der Waals surface area contributed by atoms with E-state index in [9.17, 15) is 8.42 Å². The van der Waals surface area contributed by atoms with Crippen LogP contribution in [0.5, 0.6) is 0 Å². The maximum absolute atomic E-state index is 12.5. The van der Waals surface area contributed by atoms with E-state index in [-0.39, 0.29) is 5.41 Å². The Labute approximate surface area is 128 Å². The molecule has 1 aromatic rings. The van der Waals surface area contributed by atoms with E-state index in [0.29, 0.717) is 18.0 Å². The molecule has 1 fully saturated rings. The zero-order valence-electron chi connectivity index (χ0n) is 13.3. The molecule has 2 N–H and O–H groups in total. The van der Waals surface area contributed by atoms with E-state index in [1.807, 2.05) is 18.5 Å². The molecule has 0 saturated heterocycles. The van der Waals surface area contributed by atoms with Gasteiger partial charge in [-0.2, -0.15) is 0 Å². The fourth-order valence-corrected chi connectivity index (χ4v) is 4.07. The summed E-state index contributed by atoms with van der Waals surface area (Å²) in [5.41, 5.74) is 1.22. The Bertz CT molecular complexity index is 574. The normalized spacial score (nSPS) is 17.1. The molecule has 0 spiro atoms. The van der Waals surface area contributed by atoms with E-state index in [4.69, 9.17) is 0 Å². The van der Waals surface area contributed by atoms with Crippen LogP contribution in [0.4, 0.5) is 0 Å². The zero-order valence-corrected chi connectivity index (χ0v) is 14.1. The maximum Gasteiger partial charge on any atom is 0.242 e. The van der Waals surface area contributed by atoms with Crippen molar-refractivity contribution in [1.29, 1.82) is 0 Å². The molecule has 2 rings (SSSR count). The zero-order chi connectivity index (χ0) is 15.5. The van der Waals surface area contributed by atoms with Crippen molar-refractivity contribution in [3.05, 3.63) is 18.0 Å². The predicted molar refractivity (Wildman–Crippen MR) is 84.6 cm³/mol. The smallest absolute Gasteiger partial charge is 0.242 e. The highest BCUT2D eigenvalue weighted by molar-refractivity contribution is 7.89. The van der Waals surface area contributed by atoms with E-state index in [1.54, 1.807) is 12.3 Å². The van der Waals surface area contributed by atoms with Crippen molar-refractivity contribution in [2.75, 3.05) is 13.6 Å². The van der Waals surface area contributed by atoms with E-state index in [1.165, 1.54) is 0 Å². The van der Waals surface area contributed by atoms with Gasteiger partial charge in [0, 0.05) is 31.5 Å². The second kappa shape index (κ2) is 6.50. The quantitative estimate of drug-likeness (QED) is 0.734. The van der Waals surface area contributed by atoms with E-state index in [0.717, 1.165) is 37.9 Å². The van der Waals surface area contributed by atoms with Gasteiger partial charge < -0.3 is 9.88 Å². The van der Waals surface area contributed by atoms with Crippen LogP contribution in [0.2, 0.25) is 0 Å². The van der Waals surface area contributed by atoms with Gasteiger partial charge in [0.2, 0.25) is 10.0 Å². The monoisotopic (exact) mass is 313 g/mol. The minimum Gasteiger partial charge on any atom is -0.349 e. The lowest BCUT2D eigenvalue weighted by molar-refractivity contribution is 0.449. The van der Waals surface area contributed by atoms with Crippen LogP contribution in [-0.4, -0.2) is 26.6 Å². The van der Waals surface area contributed by atoms with Gasteiger partial charge in [0.05, 0.1) is 4.90 Å². The van der Waals surface area contributed by atoms with Crippen LogP contribution >= 0.6 is 0 Å². The van der Waals surface area contributed by atoms with Crippen LogP contribution in [0.25, 0.3) is 0 Å². The first-order chi connectivity index (χ1) is 9.96. The van der Waals surface area contributed by atoms with Crippen LogP contribution in [0.3, 0.4) is 0 Å². The number of sulfonamides is 1. The van der Waals surface area contributed by atoms with Gasteiger partial charge in [-0.05, 0) is 44.7 Å². The van der Waals surface area contributed by atoms with Gasteiger partial charge in [0.25, 0.3) is 0 Å². The molecule has 0 aliphatic heterocycles. The summed E-state index contributed by atoms with van der Waals surface area (Å²) >= 11 is 0. The van der Waals surface area contributed by atoms with Crippen molar-refractivity contribution < 1.29 is 8.42 Å². The number of nitrogens with one attached hydrogen (secondary N) is 2. The third kappa shape index (κ3) is 3.87. The highest BCUT2D eigenvalue weighted by Crippen LogP contribution is 2.49. The van der Waals surface area contributed by atoms with E-state index < -0.39 is 10.0 Å². The number of hydrogen-bond acceptors (Lipinski definition) is 3. The number of aryl methyl sites for hydroxylation is 1. The average molecular weight is 313 g/mol. The molecule has 120 valence electrons. The maximum atomic E-state index is 12.5. The summed E-state index contributed by atoms with van der Waals surface area (Å²) in [6.07, 6.45) is 6.24. The summed E-state index contributed by atoms with van der Waals surface area (Å²) < 4.78 is 29.7. The molecule has 0 atom stereocenters. The van der Waals surface area contributed by atoms with Crippen molar-refractivity contribution in [3.8, 4) is 0 Å². The second-order valence-corrected chi connectivity index (χ2v) is 7.82. The number of hydrogen-bond donors (Lipinski definition) is 2. The number of rotatable bonds is 9. The predicted octanol–water partition coefficient (Wildman–Crippen LogP) is 2.09. The van der Waals surface area contributed by atoms with Crippen LogP contribution in [0, 0.1) is 5.41 Å². The lowest BCUT2D eigenvalue weighted by Crippen LogP contribution is -2.30. The molecule has 6 heteroatoms. The van der Waals surface area contributed by atoms with Crippen molar-refractivity contribution in [3.63, 3.8) is 0 Å². The van der Waals surface area contributed by atoms with Gasteiger partial charge in [-0.25, -0.2) is 13.1 Å². The minimum absolute atomic E-state index is 0.225. The van der Waals surface area contributed by atoms with Crippen molar-refractivity contribution in [2.45, 2.75) is 57.5 Å². The Morgan fingerprint density at radius 3 is 2.57 bits per heavy atom. The van der Waals surface area contributed by atoms with Crippen molar-refractivity contribution in [1.82, 2.24) is 14.6 Å². The lowest BCUT2D eigenvalue weighted by Gasteiger charge is -2.14. The van der Waals surface area contributed by atoms with Gasteiger partial charge in [-0.1, -0.05) is 13.3 Å². The molecule has 0 amide bonds. The Balaban J connectivity index is 2.08. The van der Waals surface area contributed by atoms with Gasteiger partial charge in [-0.15, -0.1) is 0 Å². The molecule has 1 aromatic heterocycles. The SMILES string of the molecule is CCCC1(CNS(=O)(=O)c2cc(CNC)n(CC)c2)CC1. The molecule has 1 saturated carbocycles. The molecule has 1 aliphatic rings. The highest BCUT2D eigenvalue weighted by atomic mass is 32.2. The van der Waals surface area contributed by atoms with Gasteiger partial charge in [0.15, 0.2) is 0 Å². The van der Waals surface area contributed by atoms with Crippen LogP contribution in [0.15, 0.2) is 17.2 Å². The summed E-state index contributed by atoms with van der Waals surface area (Å²) in [7, 11) is -1.54. The third-order valence-electron chi connectivity index (χ3n) is 4.34. The van der Waals surface area contributed by atoms with Crippen LogP contribution in [-0.2, 0) is 23.1 Å². The van der Waals surface area contributed by atoms with Gasteiger partial charge in [-0.3, -0.25) is 0 Å². The molecule has 0 unspecified atom stereocenters. The van der Waals surface area contributed by atoms with Gasteiger partial charge >= 0.3 is 0 Å². The van der Waals surface area contributed by atoms with E-state index in [2.05, 4.69) is 17.0 Å². The Morgan fingerprint density at radius 2 is 2.05 bits per heavy atom. The van der Waals surface area contributed by atoms with Crippen molar-refractivity contribution in [2.24, 2.45) is 5.41 Å². The molecule has 1 heterocycles. The largest absolute Gasteiger partial charge is 0.349 e. The summed E-state index contributed by atoms with van der Waals surface area (Å²) in [5, 5.41) is 3.07. The molecule has 0 aromatic carbocycles. The summed E-state index contributed by atoms with van der Waals surface area (Å²) in [6.45, 7) is 6.18. The summed E-state index contributed by atoms with van der Waals surface area (Å²) in [6, 6.07) is 1.77. The fraction of sp³-hybridized carbons (Fsp3) is 0.733. The first-order valence-electron chi connectivity index (χ1n) is 7.79. The fourth-order valence-electron chi connectivity index (χ4n) is 2.85. The molecule has 0 bridgehead atoms. The standard InChI is InChI=1S/C15H27N3O2S/c1-4-6-15(7-8-15)12-17-21(19,20)14-9-13(10-16-3)18(5-2)11-14/h9,11,16-17H,4-8,10,12H2,1-3H3. The van der Waals surface area contributed by atoms with Crippen molar-refractivity contribution >= 4 is 10.0 Å². The molecule has 21 heavy (non-hydrogen) atoms. The second-order valence-electron chi connectivity index (χ2n) is 6.06. The number of nitrogens with zero attached hydrogens (tertiary/aromatic N) is 1. The minimum atomic E-state index is -3.40. The molecule has 5 nitrogen and oxygen atoms in total. The summed E-state index contributed by atoms with van der Waals surface area (Å²) in [5.74, 6) is 0. The average Bonchev–Trinajstić information content (AvgIpc) is 3.08. The third-order valence-corrected chi connectivity index (χ3v) is 5.71. The van der Waals surface area contributed by atoms with E-state index >= 15 is 0 Å². The Hall–Kier alpha value is -0.850. The van der Waals surface area contributed by atoms with Crippen LogP contribution < -0.4 is 10.0 Å². The first kappa shape index (κ1) is 16.5. The Kier molecular flexibility index (Phi) is 5.11. The topological polar surface area (TPSA) is 63.1 Å². The Morgan fingerprint density at radius 1 is 1.33 bits per heavy atom. The molecule has 1 aliphatic carbocycles.